The monoisotopic (exact) mass is 312 g/mol. The number of hydrogen-bond acceptors (Lipinski definition) is 3. The topological polar surface area (TPSA) is 52.9 Å². The van der Waals surface area contributed by atoms with Crippen molar-refractivity contribution in [2.75, 3.05) is 11.5 Å². The predicted octanol–water partition coefficient (Wildman–Crippen LogP) is 2.80. The number of amides is 1. The van der Waals surface area contributed by atoms with E-state index in [0.29, 0.717) is 0 Å². The lowest BCUT2D eigenvalue weighted by Gasteiger charge is -2.27. The highest BCUT2D eigenvalue weighted by atomic mass is 32.2. The van der Waals surface area contributed by atoms with Gasteiger partial charge in [-0.05, 0) is 49.0 Å². The molecule has 1 heterocycles. The summed E-state index contributed by atoms with van der Waals surface area (Å²) in [7, 11) is 0. The van der Waals surface area contributed by atoms with E-state index in [9.17, 15) is 10.1 Å². The lowest BCUT2D eigenvalue weighted by molar-refractivity contribution is -0.124. The smallest absolute Gasteiger partial charge is 0.225 e. The number of rotatable bonds is 2. The molecule has 2 fully saturated rings. The number of carbonyl (C=O) groups excluding carboxylic acids is 1. The van der Waals surface area contributed by atoms with Crippen LogP contribution in [0.25, 0.3) is 0 Å². The summed E-state index contributed by atoms with van der Waals surface area (Å²) < 4.78 is 0. The molecule has 4 rings (SSSR count). The Hall–Kier alpha value is -1.47. The van der Waals surface area contributed by atoms with Crippen LogP contribution in [0.3, 0.4) is 0 Å². The SMILES string of the molecule is N#CC1(NC(=O)C2CC23CCCc2ccccc23)CCSC1. The van der Waals surface area contributed by atoms with Gasteiger partial charge in [-0.15, -0.1) is 0 Å². The quantitative estimate of drug-likeness (QED) is 0.913. The second kappa shape index (κ2) is 5.03. The van der Waals surface area contributed by atoms with Crippen LogP contribution in [0.5, 0.6) is 0 Å². The molecule has 1 N–H and O–H groups in total. The van der Waals surface area contributed by atoms with E-state index >= 15 is 0 Å². The minimum absolute atomic E-state index is 0.0569. The lowest BCUT2D eigenvalue weighted by atomic mass is 9.78. The van der Waals surface area contributed by atoms with Crippen molar-refractivity contribution in [1.82, 2.24) is 5.32 Å². The molecule has 4 heteroatoms. The van der Waals surface area contributed by atoms with Gasteiger partial charge in [0, 0.05) is 17.1 Å². The normalized spacial score (nSPS) is 35.7. The van der Waals surface area contributed by atoms with E-state index in [1.54, 1.807) is 11.8 Å². The first kappa shape index (κ1) is 14.1. The van der Waals surface area contributed by atoms with Crippen molar-refractivity contribution < 1.29 is 4.79 Å². The van der Waals surface area contributed by atoms with Gasteiger partial charge in [0.1, 0.15) is 5.54 Å². The third-order valence-corrected chi connectivity index (χ3v) is 6.80. The molecule has 0 radical (unpaired) electrons. The van der Waals surface area contributed by atoms with E-state index in [-0.39, 0.29) is 17.2 Å². The van der Waals surface area contributed by atoms with E-state index in [1.807, 2.05) is 0 Å². The Morgan fingerprint density at radius 3 is 3.00 bits per heavy atom. The van der Waals surface area contributed by atoms with Crippen LogP contribution in [0.15, 0.2) is 24.3 Å². The van der Waals surface area contributed by atoms with Crippen LogP contribution in [-0.4, -0.2) is 23.0 Å². The molecule has 1 saturated carbocycles. The van der Waals surface area contributed by atoms with Crippen molar-refractivity contribution in [3.63, 3.8) is 0 Å². The molecule has 1 amide bonds. The molecule has 1 aliphatic heterocycles. The maximum atomic E-state index is 12.7. The molecule has 3 atom stereocenters. The third-order valence-electron chi connectivity index (χ3n) is 5.61. The van der Waals surface area contributed by atoms with Crippen LogP contribution < -0.4 is 5.32 Å². The van der Waals surface area contributed by atoms with E-state index in [2.05, 4.69) is 35.7 Å². The second-order valence-electron chi connectivity index (χ2n) is 6.91. The number of fused-ring (bicyclic) bond motifs is 2. The highest BCUT2D eigenvalue weighted by Crippen LogP contribution is 2.60. The van der Waals surface area contributed by atoms with Gasteiger partial charge in [0.2, 0.25) is 5.91 Å². The van der Waals surface area contributed by atoms with Crippen molar-refractivity contribution in [3.8, 4) is 6.07 Å². The fourth-order valence-corrected chi connectivity index (χ4v) is 5.55. The van der Waals surface area contributed by atoms with E-state index in [1.165, 1.54) is 17.5 Å². The summed E-state index contributed by atoms with van der Waals surface area (Å²) in [6.45, 7) is 0. The summed E-state index contributed by atoms with van der Waals surface area (Å²) in [4.78, 5) is 12.7. The minimum atomic E-state index is -0.625. The molecule has 0 bridgehead atoms. The van der Waals surface area contributed by atoms with Gasteiger partial charge in [-0.3, -0.25) is 4.79 Å². The van der Waals surface area contributed by atoms with Gasteiger partial charge < -0.3 is 5.32 Å². The number of aryl methyl sites for hydroxylation is 1. The lowest BCUT2D eigenvalue weighted by Crippen LogP contribution is -2.48. The first-order chi connectivity index (χ1) is 10.7. The first-order valence-electron chi connectivity index (χ1n) is 8.09. The number of nitrogens with one attached hydrogen (secondary N) is 1. The Balaban J connectivity index is 1.55. The Labute approximate surface area is 135 Å². The Kier molecular flexibility index (Phi) is 3.23. The number of nitrogens with zero attached hydrogens (tertiary/aromatic N) is 1. The fourth-order valence-electron chi connectivity index (χ4n) is 4.28. The largest absolute Gasteiger partial charge is 0.337 e. The van der Waals surface area contributed by atoms with Gasteiger partial charge in [0.25, 0.3) is 0 Å². The van der Waals surface area contributed by atoms with Crippen molar-refractivity contribution in [3.05, 3.63) is 35.4 Å². The van der Waals surface area contributed by atoms with E-state index in [4.69, 9.17) is 0 Å². The zero-order chi connectivity index (χ0) is 15.2. The Morgan fingerprint density at radius 1 is 1.36 bits per heavy atom. The zero-order valence-electron chi connectivity index (χ0n) is 12.6. The van der Waals surface area contributed by atoms with Crippen LogP contribution in [-0.2, 0) is 16.6 Å². The predicted molar refractivity (Wildman–Crippen MR) is 87.6 cm³/mol. The minimum Gasteiger partial charge on any atom is -0.337 e. The van der Waals surface area contributed by atoms with Crippen molar-refractivity contribution in [2.24, 2.45) is 5.92 Å². The molecular formula is C18H20N2OS. The van der Waals surface area contributed by atoms with Gasteiger partial charge in [-0.1, -0.05) is 24.3 Å². The molecule has 1 saturated heterocycles. The van der Waals surface area contributed by atoms with E-state index in [0.717, 1.165) is 37.2 Å². The summed E-state index contributed by atoms with van der Waals surface area (Å²) in [6.07, 6.45) is 5.13. The Bertz CT molecular complexity index is 659. The van der Waals surface area contributed by atoms with Crippen LogP contribution in [0.2, 0.25) is 0 Å². The summed E-state index contributed by atoms with van der Waals surface area (Å²) >= 11 is 1.76. The average molecular weight is 312 g/mol. The van der Waals surface area contributed by atoms with Gasteiger partial charge in [-0.2, -0.15) is 17.0 Å². The van der Waals surface area contributed by atoms with Gasteiger partial charge in [-0.25, -0.2) is 0 Å². The van der Waals surface area contributed by atoms with Crippen LogP contribution in [0, 0.1) is 17.2 Å². The second-order valence-corrected chi connectivity index (χ2v) is 8.01. The van der Waals surface area contributed by atoms with Gasteiger partial charge in [0.05, 0.1) is 6.07 Å². The molecule has 3 nitrogen and oxygen atoms in total. The highest BCUT2D eigenvalue weighted by molar-refractivity contribution is 7.99. The number of benzene rings is 1. The molecule has 3 unspecified atom stereocenters. The molecule has 22 heavy (non-hydrogen) atoms. The highest BCUT2D eigenvalue weighted by Gasteiger charge is 2.60. The van der Waals surface area contributed by atoms with E-state index < -0.39 is 5.54 Å². The summed E-state index contributed by atoms with van der Waals surface area (Å²) in [5.41, 5.74) is 2.23. The van der Waals surface area contributed by atoms with Crippen molar-refractivity contribution in [1.29, 1.82) is 5.26 Å². The molecule has 3 aliphatic rings. The average Bonchev–Trinajstić information content (AvgIpc) is 3.07. The molecule has 114 valence electrons. The van der Waals surface area contributed by atoms with Crippen molar-refractivity contribution >= 4 is 17.7 Å². The van der Waals surface area contributed by atoms with Crippen LogP contribution in [0.4, 0.5) is 0 Å². The first-order valence-corrected chi connectivity index (χ1v) is 9.24. The van der Waals surface area contributed by atoms with Crippen molar-refractivity contribution in [2.45, 2.75) is 43.1 Å². The maximum absolute atomic E-state index is 12.7. The van der Waals surface area contributed by atoms with Gasteiger partial charge in [0.15, 0.2) is 0 Å². The zero-order valence-corrected chi connectivity index (χ0v) is 13.4. The van der Waals surface area contributed by atoms with Gasteiger partial charge >= 0.3 is 0 Å². The molecule has 1 aromatic rings. The van der Waals surface area contributed by atoms with Crippen LogP contribution >= 0.6 is 11.8 Å². The summed E-state index contributed by atoms with van der Waals surface area (Å²) in [5, 5.41) is 12.5. The van der Waals surface area contributed by atoms with Crippen LogP contribution in [0.1, 0.15) is 36.8 Å². The maximum Gasteiger partial charge on any atom is 0.225 e. The molecular weight excluding hydrogens is 292 g/mol. The molecule has 2 aliphatic carbocycles. The number of hydrogen-bond donors (Lipinski definition) is 1. The number of nitriles is 1. The number of thioether (sulfide) groups is 1. The fraction of sp³-hybridized carbons (Fsp3) is 0.556. The summed E-state index contributed by atoms with van der Waals surface area (Å²) in [5.74, 6) is 1.85. The molecule has 1 spiro atoms. The molecule has 0 aromatic heterocycles. The third kappa shape index (κ3) is 2.06. The molecule has 1 aromatic carbocycles. The summed E-state index contributed by atoms with van der Waals surface area (Å²) in [6, 6.07) is 10.9. The Morgan fingerprint density at radius 2 is 2.23 bits per heavy atom. The standard InChI is InChI=1S/C18H20N2OS/c19-11-17(8-9-22-12-17)20-16(21)15-10-18(15)7-3-5-13-4-1-2-6-14(13)18/h1-2,4,6,15H,3,5,7-10,12H2,(H,20,21). The number of carbonyl (C=O) groups is 1.